The largest absolute Gasteiger partial charge is 0.357 e. The fourth-order valence-electron chi connectivity index (χ4n) is 1.13. The quantitative estimate of drug-likeness (QED) is 0.653. The maximum Gasteiger partial charge on any atom is 0.357 e. The van der Waals surface area contributed by atoms with Crippen LogP contribution in [-0.4, -0.2) is 0 Å². The lowest BCUT2D eigenvalue weighted by atomic mass is 10.0. The Hall–Kier alpha value is -1.43. The summed E-state index contributed by atoms with van der Waals surface area (Å²) >= 11 is 0. The monoisotopic (exact) mass is 181 g/mol. The fraction of sp³-hybridized carbons (Fsp3) is 0.300. The van der Waals surface area contributed by atoms with Gasteiger partial charge in [-0.05, 0) is 25.5 Å². The summed E-state index contributed by atoms with van der Waals surface area (Å²) in [5.74, 6) is -3.38. The smallest absolute Gasteiger partial charge is 0.191 e. The number of aryl methyl sites for hydroxylation is 2. The SMILES string of the molecule is Cc1ccc(C)c(C(F)(F)C#N)c1. The van der Waals surface area contributed by atoms with Crippen LogP contribution in [0.4, 0.5) is 8.78 Å². The van der Waals surface area contributed by atoms with E-state index < -0.39 is 5.92 Å². The predicted molar refractivity (Wildman–Crippen MR) is 45.4 cm³/mol. The van der Waals surface area contributed by atoms with Gasteiger partial charge in [0.2, 0.25) is 0 Å². The average Bonchev–Trinajstić information content (AvgIpc) is 2.09. The van der Waals surface area contributed by atoms with E-state index in [4.69, 9.17) is 5.26 Å². The van der Waals surface area contributed by atoms with Gasteiger partial charge in [-0.25, -0.2) is 0 Å². The summed E-state index contributed by atoms with van der Waals surface area (Å²) in [6, 6.07) is 5.67. The fourth-order valence-corrected chi connectivity index (χ4v) is 1.13. The van der Waals surface area contributed by atoms with Crippen LogP contribution < -0.4 is 0 Å². The van der Waals surface area contributed by atoms with Crippen molar-refractivity contribution >= 4 is 0 Å². The molecule has 0 radical (unpaired) electrons. The van der Waals surface area contributed by atoms with E-state index in [1.165, 1.54) is 6.07 Å². The van der Waals surface area contributed by atoms with Crippen molar-refractivity contribution in [3.8, 4) is 6.07 Å². The van der Waals surface area contributed by atoms with E-state index in [9.17, 15) is 8.78 Å². The third kappa shape index (κ3) is 1.83. The lowest BCUT2D eigenvalue weighted by Crippen LogP contribution is -2.11. The van der Waals surface area contributed by atoms with E-state index in [2.05, 4.69) is 0 Å². The standard InChI is InChI=1S/C10H9F2N/c1-7-3-4-8(2)9(5-7)10(11,12)6-13/h3-5H,1-2H3. The molecular weight excluding hydrogens is 172 g/mol. The van der Waals surface area contributed by atoms with Gasteiger partial charge in [-0.15, -0.1) is 0 Å². The molecule has 0 fully saturated rings. The van der Waals surface area contributed by atoms with Gasteiger partial charge < -0.3 is 0 Å². The van der Waals surface area contributed by atoms with Crippen molar-refractivity contribution in [1.82, 2.24) is 0 Å². The van der Waals surface area contributed by atoms with Crippen LogP contribution >= 0.6 is 0 Å². The average molecular weight is 181 g/mol. The van der Waals surface area contributed by atoms with Gasteiger partial charge in [0.15, 0.2) is 0 Å². The number of hydrogen-bond donors (Lipinski definition) is 0. The van der Waals surface area contributed by atoms with Gasteiger partial charge in [-0.1, -0.05) is 17.7 Å². The second-order valence-corrected chi connectivity index (χ2v) is 3.00. The lowest BCUT2D eigenvalue weighted by molar-refractivity contribution is 0.0605. The lowest BCUT2D eigenvalue weighted by Gasteiger charge is -2.11. The maximum absolute atomic E-state index is 13.0. The molecule has 0 unspecified atom stereocenters. The number of nitriles is 1. The van der Waals surface area contributed by atoms with Gasteiger partial charge in [0.05, 0.1) is 0 Å². The Bertz CT molecular complexity index is 364. The molecule has 1 aromatic carbocycles. The van der Waals surface area contributed by atoms with E-state index in [0.717, 1.165) is 11.6 Å². The summed E-state index contributed by atoms with van der Waals surface area (Å²) in [6.07, 6.45) is 0. The molecule has 1 rings (SSSR count). The Morgan fingerprint density at radius 1 is 1.31 bits per heavy atom. The molecule has 0 spiro atoms. The normalized spacial score (nSPS) is 11.0. The molecule has 3 heteroatoms. The molecule has 0 N–H and O–H groups in total. The van der Waals surface area contributed by atoms with Gasteiger partial charge in [0.25, 0.3) is 0 Å². The van der Waals surface area contributed by atoms with Crippen LogP contribution in [0.3, 0.4) is 0 Å². The first-order chi connectivity index (χ1) is 5.97. The van der Waals surface area contributed by atoms with Crippen molar-refractivity contribution in [2.24, 2.45) is 0 Å². The number of alkyl halides is 2. The van der Waals surface area contributed by atoms with Gasteiger partial charge in [-0.2, -0.15) is 14.0 Å². The topological polar surface area (TPSA) is 23.8 Å². The molecule has 0 atom stereocenters. The zero-order valence-electron chi connectivity index (χ0n) is 7.44. The minimum absolute atomic E-state index is 0.199. The highest BCUT2D eigenvalue weighted by atomic mass is 19.3. The molecule has 0 aliphatic rings. The highest BCUT2D eigenvalue weighted by Crippen LogP contribution is 2.30. The Balaban J connectivity index is 3.30. The van der Waals surface area contributed by atoms with Crippen LogP contribution in [0.1, 0.15) is 16.7 Å². The van der Waals surface area contributed by atoms with E-state index in [1.807, 2.05) is 0 Å². The number of rotatable bonds is 1. The summed E-state index contributed by atoms with van der Waals surface area (Å²) < 4.78 is 25.9. The Kier molecular flexibility index (Phi) is 2.33. The zero-order chi connectivity index (χ0) is 10.1. The number of benzene rings is 1. The third-order valence-corrected chi connectivity index (χ3v) is 1.87. The second kappa shape index (κ2) is 3.14. The van der Waals surface area contributed by atoms with E-state index in [0.29, 0.717) is 5.56 Å². The Morgan fingerprint density at radius 3 is 2.46 bits per heavy atom. The first kappa shape index (κ1) is 9.66. The number of hydrogen-bond acceptors (Lipinski definition) is 1. The van der Waals surface area contributed by atoms with Crippen molar-refractivity contribution < 1.29 is 8.78 Å². The summed E-state index contributed by atoms with van der Waals surface area (Å²) in [5.41, 5.74) is 0.975. The molecular formula is C10H9F2N. The van der Waals surface area contributed by atoms with Crippen LogP contribution in [0.5, 0.6) is 0 Å². The predicted octanol–water partition coefficient (Wildman–Crippen LogP) is 2.92. The molecule has 13 heavy (non-hydrogen) atoms. The van der Waals surface area contributed by atoms with Crippen molar-refractivity contribution in [1.29, 1.82) is 5.26 Å². The molecule has 0 bridgehead atoms. The van der Waals surface area contributed by atoms with Gasteiger partial charge in [-0.3, -0.25) is 0 Å². The van der Waals surface area contributed by atoms with Gasteiger partial charge in [0, 0.05) is 5.56 Å². The first-order valence-electron chi connectivity index (χ1n) is 3.84. The molecule has 0 aromatic heterocycles. The summed E-state index contributed by atoms with van der Waals surface area (Å²) in [6.45, 7) is 3.29. The molecule has 0 aliphatic heterocycles. The summed E-state index contributed by atoms with van der Waals surface area (Å²) in [4.78, 5) is 0. The molecule has 0 saturated heterocycles. The van der Waals surface area contributed by atoms with Crippen LogP contribution in [-0.2, 0) is 5.92 Å². The maximum atomic E-state index is 13.0. The molecule has 0 saturated carbocycles. The van der Waals surface area contributed by atoms with E-state index >= 15 is 0 Å². The highest BCUT2D eigenvalue weighted by molar-refractivity contribution is 5.36. The third-order valence-electron chi connectivity index (χ3n) is 1.87. The number of halogens is 2. The van der Waals surface area contributed by atoms with Crippen LogP contribution in [0.15, 0.2) is 18.2 Å². The van der Waals surface area contributed by atoms with Gasteiger partial charge in [0.1, 0.15) is 6.07 Å². The zero-order valence-corrected chi connectivity index (χ0v) is 7.44. The molecule has 0 aliphatic carbocycles. The second-order valence-electron chi connectivity index (χ2n) is 3.00. The van der Waals surface area contributed by atoms with Crippen molar-refractivity contribution in [3.05, 3.63) is 34.9 Å². The molecule has 68 valence electrons. The number of nitrogens with zero attached hydrogens (tertiary/aromatic N) is 1. The molecule has 0 heterocycles. The Morgan fingerprint density at radius 2 is 1.92 bits per heavy atom. The first-order valence-corrected chi connectivity index (χ1v) is 3.84. The van der Waals surface area contributed by atoms with E-state index in [-0.39, 0.29) is 5.56 Å². The molecule has 0 amide bonds. The minimum Gasteiger partial charge on any atom is -0.191 e. The van der Waals surface area contributed by atoms with Crippen molar-refractivity contribution in [3.63, 3.8) is 0 Å². The van der Waals surface area contributed by atoms with Crippen LogP contribution in [0, 0.1) is 25.2 Å². The highest BCUT2D eigenvalue weighted by Gasteiger charge is 2.32. The molecule has 1 nitrogen and oxygen atoms in total. The van der Waals surface area contributed by atoms with Crippen molar-refractivity contribution in [2.75, 3.05) is 0 Å². The summed E-state index contributed by atoms with van der Waals surface area (Å²) in [7, 11) is 0. The minimum atomic E-state index is -3.38. The summed E-state index contributed by atoms with van der Waals surface area (Å²) in [5, 5.41) is 8.26. The molecule has 1 aromatic rings. The van der Waals surface area contributed by atoms with Gasteiger partial charge >= 0.3 is 5.92 Å². The van der Waals surface area contributed by atoms with E-state index in [1.54, 1.807) is 26.0 Å². The Labute approximate surface area is 75.6 Å². The van der Waals surface area contributed by atoms with Crippen LogP contribution in [0.25, 0.3) is 0 Å². The van der Waals surface area contributed by atoms with Crippen LogP contribution in [0.2, 0.25) is 0 Å². The van der Waals surface area contributed by atoms with Crippen molar-refractivity contribution in [2.45, 2.75) is 19.8 Å².